The van der Waals surface area contributed by atoms with Crippen molar-refractivity contribution in [2.24, 2.45) is 0 Å². The van der Waals surface area contributed by atoms with Gasteiger partial charge in [0.15, 0.2) is 0 Å². The van der Waals surface area contributed by atoms with Crippen LogP contribution in [-0.4, -0.2) is 47.8 Å². The van der Waals surface area contributed by atoms with Crippen molar-refractivity contribution in [3.05, 3.63) is 35.9 Å². The fraction of sp³-hybridized carbons (Fsp3) is 0.579. The first-order chi connectivity index (χ1) is 11.1. The first-order valence-corrected chi connectivity index (χ1v) is 8.70. The molecule has 0 N–H and O–H groups in total. The van der Waals surface area contributed by atoms with Gasteiger partial charge in [-0.15, -0.1) is 0 Å². The second kappa shape index (κ2) is 6.73. The van der Waals surface area contributed by atoms with Crippen LogP contribution in [0.5, 0.6) is 0 Å². The van der Waals surface area contributed by atoms with Crippen LogP contribution in [0.2, 0.25) is 0 Å². The van der Waals surface area contributed by atoms with Crippen LogP contribution >= 0.6 is 0 Å². The Kier molecular flexibility index (Phi) is 4.69. The number of nitrogens with zero attached hydrogens (tertiary/aromatic N) is 2. The Labute approximate surface area is 138 Å². The molecule has 0 spiro atoms. The van der Waals surface area contributed by atoms with Gasteiger partial charge in [-0.2, -0.15) is 0 Å². The van der Waals surface area contributed by atoms with Crippen molar-refractivity contribution in [3.63, 3.8) is 0 Å². The summed E-state index contributed by atoms with van der Waals surface area (Å²) in [5, 5.41) is 0. The summed E-state index contributed by atoms with van der Waals surface area (Å²) >= 11 is 0. The molecule has 1 atom stereocenters. The van der Waals surface area contributed by atoms with E-state index in [1.807, 2.05) is 15.9 Å². The third-order valence-electron chi connectivity index (χ3n) is 5.28. The number of likely N-dealkylation sites (tertiary alicyclic amines) is 2. The van der Waals surface area contributed by atoms with E-state index < -0.39 is 0 Å². The van der Waals surface area contributed by atoms with E-state index in [4.69, 9.17) is 0 Å². The summed E-state index contributed by atoms with van der Waals surface area (Å²) in [7, 11) is 0. The molecule has 1 aromatic rings. The average Bonchev–Trinajstić information content (AvgIpc) is 2.97. The second-order valence-corrected chi connectivity index (χ2v) is 7.08. The number of carbonyl (C=O) groups excluding carboxylic acids is 2. The van der Waals surface area contributed by atoms with E-state index in [2.05, 4.69) is 31.2 Å². The van der Waals surface area contributed by atoms with Gasteiger partial charge in [0.1, 0.15) is 0 Å². The molecule has 2 fully saturated rings. The van der Waals surface area contributed by atoms with Crippen molar-refractivity contribution in [3.8, 4) is 0 Å². The Balaban J connectivity index is 1.58. The first kappa shape index (κ1) is 16.0. The minimum absolute atomic E-state index is 0.0403. The third-order valence-corrected chi connectivity index (χ3v) is 5.28. The minimum Gasteiger partial charge on any atom is -0.343 e. The molecular formula is C19H26N2O2. The molecule has 2 saturated heterocycles. The number of hydrogen-bond acceptors (Lipinski definition) is 2. The van der Waals surface area contributed by atoms with Gasteiger partial charge in [0.2, 0.25) is 11.8 Å². The lowest BCUT2D eigenvalue weighted by Crippen LogP contribution is -2.48. The van der Waals surface area contributed by atoms with Crippen LogP contribution in [-0.2, 0) is 15.0 Å². The zero-order valence-corrected chi connectivity index (χ0v) is 14.0. The molecule has 3 rings (SSSR count). The van der Waals surface area contributed by atoms with Crippen molar-refractivity contribution in [2.75, 3.05) is 26.2 Å². The van der Waals surface area contributed by atoms with Gasteiger partial charge in [0.05, 0.1) is 0 Å². The molecule has 0 aromatic heterocycles. The van der Waals surface area contributed by atoms with E-state index in [0.29, 0.717) is 12.8 Å². The molecule has 1 aromatic carbocycles. The van der Waals surface area contributed by atoms with Gasteiger partial charge in [0, 0.05) is 44.4 Å². The SMILES string of the molecule is CC1(c2ccccc2)CCC(=O)N(CCCN2CCCC2=O)C1. The molecule has 124 valence electrons. The zero-order valence-electron chi connectivity index (χ0n) is 14.0. The molecule has 2 heterocycles. The van der Waals surface area contributed by atoms with Crippen LogP contribution in [0.3, 0.4) is 0 Å². The highest BCUT2D eigenvalue weighted by Crippen LogP contribution is 2.34. The van der Waals surface area contributed by atoms with Gasteiger partial charge in [-0.1, -0.05) is 37.3 Å². The van der Waals surface area contributed by atoms with Gasteiger partial charge in [0.25, 0.3) is 0 Å². The summed E-state index contributed by atoms with van der Waals surface area (Å²) in [5.41, 5.74) is 1.35. The van der Waals surface area contributed by atoms with E-state index in [0.717, 1.165) is 45.4 Å². The van der Waals surface area contributed by atoms with E-state index in [1.165, 1.54) is 5.56 Å². The first-order valence-electron chi connectivity index (χ1n) is 8.70. The molecule has 23 heavy (non-hydrogen) atoms. The molecule has 0 aliphatic carbocycles. The van der Waals surface area contributed by atoms with E-state index >= 15 is 0 Å². The highest BCUT2D eigenvalue weighted by Gasteiger charge is 2.36. The molecule has 1 unspecified atom stereocenters. The highest BCUT2D eigenvalue weighted by molar-refractivity contribution is 5.78. The van der Waals surface area contributed by atoms with Crippen LogP contribution in [0, 0.1) is 0 Å². The summed E-state index contributed by atoms with van der Waals surface area (Å²) in [4.78, 5) is 27.8. The highest BCUT2D eigenvalue weighted by atomic mass is 16.2. The van der Waals surface area contributed by atoms with Crippen molar-refractivity contribution in [2.45, 2.75) is 44.4 Å². The lowest BCUT2D eigenvalue weighted by atomic mass is 9.75. The van der Waals surface area contributed by atoms with Gasteiger partial charge < -0.3 is 9.80 Å². The van der Waals surface area contributed by atoms with Gasteiger partial charge >= 0.3 is 0 Å². The van der Waals surface area contributed by atoms with Crippen LogP contribution < -0.4 is 0 Å². The summed E-state index contributed by atoms with van der Waals surface area (Å²) in [6.45, 7) is 5.46. The van der Waals surface area contributed by atoms with Gasteiger partial charge in [-0.3, -0.25) is 9.59 Å². The smallest absolute Gasteiger partial charge is 0.222 e. The van der Waals surface area contributed by atoms with Crippen molar-refractivity contribution >= 4 is 11.8 Å². The molecule has 4 nitrogen and oxygen atoms in total. The minimum atomic E-state index is 0.0403. The summed E-state index contributed by atoms with van der Waals surface area (Å²) in [6, 6.07) is 10.5. The fourth-order valence-corrected chi connectivity index (χ4v) is 3.80. The number of carbonyl (C=O) groups is 2. The number of benzene rings is 1. The number of piperidine rings is 1. The number of hydrogen-bond donors (Lipinski definition) is 0. The fourth-order valence-electron chi connectivity index (χ4n) is 3.80. The predicted molar refractivity (Wildman–Crippen MR) is 90.0 cm³/mol. The monoisotopic (exact) mass is 314 g/mol. The molecular weight excluding hydrogens is 288 g/mol. The average molecular weight is 314 g/mol. The Morgan fingerprint density at radius 3 is 2.39 bits per heavy atom. The topological polar surface area (TPSA) is 40.6 Å². The number of amides is 2. The van der Waals surface area contributed by atoms with Crippen molar-refractivity contribution in [1.29, 1.82) is 0 Å². The Hall–Kier alpha value is -1.84. The maximum Gasteiger partial charge on any atom is 0.222 e. The summed E-state index contributed by atoms with van der Waals surface area (Å²) in [6.07, 6.45) is 4.08. The summed E-state index contributed by atoms with van der Waals surface area (Å²) in [5.74, 6) is 0.523. The van der Waals surface area contributed by atoms with Crippen LogP contribution in [0.15, 0.2) is 30.3 Å². The number of rotatable bonds is 5. The zero-order chi connectivity index (χ0) is 16.3. The molecule has 2 aliphatic heterocycles. The Bertz CT molecular complexity index is 572. The lowest BCUT2D eigenvalue weighted by Gasteiger charge is -2.41. The van der Waals surface area contributed by atoms with E-state index in [1.54, 1.807) is 0 Å². The Morgan fingerprint density at radius 1 is 1.00 bits per heavy atom. The van der Waals surface area contributed by atoms with Gasteiger partial charge in [-0.25, -0.2) is 0 Å². The molecule has 4 heteroatoms. The normalized spacial score (nSPS) is 25.3. The van der Waals surface area contributed by atoms with Crippen LogP contribution in [0.1, 0.15) is 44.6 Å². The predicted octanol–water partition coefficient (Wildman–Crippen LogP) is 2.58. The maximum atomic E-state index is 12.3. The van der Waals surface area contributed by atoms with Crippen LogP contribution in [0.4, 0.5) is 0 Å². The molecule has 2 aliphatic rings. The lowest BCUT2D eigenvalue weighted by molar-refractivity contribution is -0.135. The molecule has 0 bridgehead atoms. The second-order valence-electron chi connectivity index (χ2n) is 7.08. The third kappa shape index (κ3) is 3.57. The largest absolute Gasteiger partial charge is 0.343 e. The molecule has 0 radical (unpaired) electrons. The molecule has 0 saturated carbocycles. The van der Waals surface area contributed by atoms with E-state index in [-0.39, 0.29) is 17.2 Å². The van der Waals surface area contributed by atoms with Gasteiger partial charge in [-0.05, 0) is 24.8 Å². The van der Waals surface area contributed by atoms with Crippen molar-refractivity contribution in [1.82, 2.24) is 9.80 Å². The maximum absolute atomic E-state index is 12.3. The quantitative estimate of drug-likeness (QED) is 0.838. The Morgan fingerprint density at radius 2 is 1.70 bits per heavy atom. The molecule has 2 amide bonds. The van der Waals surface area contributed by atoms with Crippen LogP contribution in [0.25, 0.3) is 0 Å². The standard InChI is InChI=1S/C19H26N2O2/c1-19(16-7-3-2-4-8-16)11-10-18(23)21(15-19)14-6-13-20-12-5-9-17(20)22/h2-4,7-8H,5-6,9-15H2,1H3. The summed E-state index contributed by atoms with van der Waals surface area (Å²) < 4.78 is 0. The van der Waals surface area contributed by atoms with Crippen molar-refractivity contribution < 1.29 is 9.59 Å². The van der Waals surface area contributed by atoms with E-state index in [9.17, 15) is 9.59 Å².